The van der Waals surface area contributed by atoms with Crippen molar-refractivity contribution < 1.29 is 4.74 Å². The molecule has 0 amide bonds. The van der Waals surface area contributed by atoms with Gasteiger partial charge in [-0.25, -0.2) is 4.98 Å². The van der Waals surface area contributed by atoms with Crippen LogP contribution >= 0.6 is 24.0 Å². The number of pyridine rings is 1. The Morgan fingerprint density at radius 3 is 2.69 bits per heavy atom. The summed E-state index contributed by atoms with van der Waals surface area (Å²) >= 11 is 0. The molecule has 2 aromatic rings. The van der Waals surface area contributed by atoms with Crippen molar-refractivity contribution in [3.63, 3.8) is 0 Å². The van der Waals surface area contributed by atoms with E-state index >= 15 is 0 Å². The van der Waals surface area contributed by atoms with Crippen LogP contribution in [0.5, 0.6) is 5.88 Å². The summed E-state index contributed by atoms with van der Waals surface area (Å²) in [6.07, 6.45) is 3.93. The topological polar surface area (TPSA) is 61.8 Å². The van der Waals surface area contributed by atoms with Gasteiger partial charge in [0.1, 0.15) is 0 Å². The number of aliphatic imine (C=N–C) groups is 1. The summed E-state index contributed by atoms with van der Waals surface area (Å²) in [6.45, 7) is 7.61. The highest BCUT2D eigenvalue weighted by Crippen LogP contribution is 2.20. The van der Waals surface area contributed by atoms with Crippen LogP contribution in [0.3, 0.4) is 0 Å². The van der Waals surface area contributed by atoms with E-state index in [2.05, 4.69) is 63.6 Å². The fourth-order valence-corrected chi connectivity index (χ4v) is 3.25. The van der Waals surface area contributed by atoms with Gasteiger partial charge < -0.3 is 20.3 Å². The highest BCUT2D eigenvalue weighted by molar-refractivity contribution is 14.0. The third kappa shape index (κ3) is 7.06. The van der Waals surface area contributed by atoms with Gasteiger partial charge in [-0.1, -0.05) is 30.7 Å². The van der Waals surface area contributed by atoms with Crippen LogP contribution in [0.2, 0.25) is 0 Å². The van der Waals surface area contributed by atoms with Crippen molar-refractivity contribution in [1.29, 1.82) is 0 Å². The van der Waals surface area contributed by atoms with Gasteiger partial charge in [-0.05, 0) is 37.5 Å². The highest BCUT2D eigenvalue weighted by atomic mass is 127. The maximum atomic E-state index is 5.53. The van der Waals surface area contributed by atoms with E-state index in [1.165, 1.54) is 11.3 Å². The highest BCUT2D eigenvalue weighted by Gasteiger charge is 2.23. The molecule has 29 heavy (non-hydrogen) atoms. The average Bonchev–Trinajstić information content (AvgIpc) is 3.19. The molecule has 6 nitrogen and oxygen atoms in total. The summed E-state index contributed by atoms with van der Waals surface area (Å²) in [5.41, 5.74) is 3.68. The molecule has 1 aliphatic heterocycles. The second-order valence-corrected chi connectivity index (χ2v) is 7.19. The number of hydrogen-bond donors (Lipinski definition) is 2. The Balaban J connectivity index is 0.00000300. The number of benzene rings is 1. The smallest absolute Gasteiger partial charge is 0.213 e. The first-order valence-corrected chi connectivity index (χ1v) is 10.0. The average molecular weight is 509 g/mol. The standard InChI is InChI=1S/C22H31N5O.HI/c1-4-13-28-21-10-7-18(14-24-21)15-25-22(23-3)26-19-11-12-27(16-19)20-8-5-17(2)6-9-20;/h5-10,14,19H,4,11-13,15-16H2,1-3H3,(H2,23,25,26);1H. The van der Waals surface area contributed by atoms with Crippen LogP contribution in [0.1, 0.15) is 30.9 Å². The molecule has 1 unspecified atom stereocenters. The van der Waals surface area contributed by atoms with Crippen molar-refractivity contribution >= 4 is 35.6 Å². The first-order valence-electron chi connectivity index (χ1n) is 10.0. The predicted octanol–water partition coefficient (Wildman–Crippen LogP) is 3.74. The zero-order valence-electron chi connectivity index (χ0n) is 17.5. The Kier molecular flexibility index (Phi) is 9.50. The molecule has 0 bridgehead atoms. The van der Waals surface area contributed by atoms with Gasteiger partial charge in [0.2, 0.25) is 5.88 Å². The molecule has 0 radical (unpaired) electrons. The first kappa shape index (κ1) is 23.3. The van der Waals surface area contributed by atoms with Crippen LogP contribution in [0.25, 0.3) is 0 Å². The van der Waals surface area contributed by atoms with E-state index in [9.17, 15) is 0 Å². The Morgan fingerprint density at radius 1 is 1.24 bits per heavy atom. The molecule has 0 aliphatic carbocycles. The minimum Gasteiger partial charge on any atom is -0.478 e. The largest absolute Gasteiger partial charge is 0.478 e. The van der Waals surface area contributed by atoms with E-state index in [0.29, 0.717) is 25.1 Å². The third-order valence-electron chi connectivity index (χ3n) is 4.86. The lowest BCUT2D eigenvalue weighted by molar-refractivity contribution is 0.305. The number of guanidine groups is 1. The molecular weight excluding hydrogens is 477 g/mol. The van der Waals surface area contributed by atoms with E-state index in [4.69, 9.17) is 4.74 Å². The van der Waals surface area contributed by atoms with Crippen LogP contribution in [-0.4, -0.2) is 43.7 Å². The summed E-state index contributed by atoms with van der Waals surface area (Å²) in [5.74, 6) is 1.50. The number of ether oxygens (including phenoxy) is 1. The lowest BCUT2D eigenvalue weighted by atomic mass is 10.2. The van der Waals surface area contributed by atoms with Gasteiger partial charge in [0, 0.05) is 50.7 Å². The zero-order chi connectivity index (χ0) is 19.8. The number of anilines is 1. The summed E-state index contributed by atoms with van der Waals surface area (Å²) in [6, 6.07) is 13.1. The Morgan fingerprint density at radius 2 is 2.03 bits per heavy atom. The molecule has 2 N–H and O–H groups in total. The normalized spacial score (nSPS) is 16.3. The van der Waals surface area contributed by atoms with Crippen molar-refractivity contribution in [3.05, 3.63) is 53.7 Å². The number of aromatic nitrogens is 1. The van der Waals surface area contributed by atoms with Crippen LogP contribution in [-0.2, 0) is 6.54 Å². The summed E-state index contributed by atoms with van der Waals surface area (Å²) in [4.78, 5) is 11.1. The molecule has 1 aromatic carbocycles. The third-order valence-corrected chi connectivity index (χ3v) is 4.86. The SMILES string of the molecule is CCCOc1ccc(CNC(=NC)NC2CCN(c3ccc(C)cc3)C2)cn1.I. The van der Waals surface area contributed by atoms with Gasteiger partial charge >= 0.3 is 0 Å². The molecule has 3 rings (SSSR count). The number of hydrogen-bond acceptors (Lipinski definition) is 4. The van der Waals surface area contributed by atoms with Crippen molar-refractivity contribution in [2.45, 2.75) is 39.3 Å². The van der Waals surface area contributed by atoms with Crippen molar-refractivity contribution in [2.75, 3.05) is 31.6 Å². The van der Waals surface area contributed by atoms with E-state index in [1.807, 2.05) is 25.4 Å². The molecule has 1 atom stereocenters. The molecule has 1 aliphatic rings. The van der Waals surface area contributed by atoms with Crippen molar-refractivity contribution in [3.8, 4) is 5.88 Å². The van der Waals surface area contributed by atoms with Crippen LogP contribution in [0, 0.1) is 6.92 Å². The molecule has 1 aromatic heterocycles. The number of rotatable bonds is 7. The molecule has 2 heterocycles. The van der Waals surface area contributed by atoms with Gasteiger partial charge in [-0.15, -0.1) is 24.0 Å². The summed E-state index contributed by atoms with van der Waals surface area (Å²) in [5, 5.41) is 6.92. The minimum atomic E-state index is 0. The number of aryl methyl sites for hydroxylation is 1. The monoisotopic (exact) mass is 509 g/mol. The van der Waals surface area contributed by atoms with Crippen molar-refractivity contribution in [2.24, 2.45) is 4.99 Å². The van der Waals surface area contributed by atoms with Crippen LogP contribution in [0.15, 0.2) is 47.6 Å². The van der Waals surface area contributed by atoms with Crippen molar-refractivity contribution in [1.82, 2.24) is 15.6 Å². The lowest BCUT2D eigenvalue weighted by Gasteiger charge is -2.20. The fraction of sp³-hybridized carbons (Fsp3) is 0.455. The second kappa shape index (κ2) is 11.8. The number of halogens is 1. The minimum absolute atomic E-state index is 0. The van der Waals surface area contributed by atoms with Gasteiger partial charge in [0.05, 0.1) is 6.61 Å². The summed E-state index contributed by atoms with van der Waals surface area (Å²) in [7, 11) is 1.81. The molecule has 0 saturated carbocycles. The molecular formula is C22H32IN5O. The van der Waals surface area contributed by atoms with E-state index < -0.39 is 0 Å². The quantitative estimate of drug-likeness (QED) is 0.339. The Labute approximate surface area is 191 Å². The maximum Gasteiger partial charge on any atom is 0.213 e. The first-order chi connectivity index (χ1) is 13.7. The molecule has 7 heteroatoms. The van der Waals surface area contributed by atoms with E-state index in [-0.39, 0.29) is 24.0 Å². The summed E-state index contributed by atoms with van der Waals surface area (Å²) < 4.78 is 5.53. The fourth-order valence-electron chi connectivity index (χ4n) is 3.25. The van der Waals surface area contributed by atoms with Gasteiger partial charge in [-0.3, -0.25) is 4.99 Å². The molecule has 0 spiro atoms. The van der Waals surface area contributed by atoms with Crippen LogP contribution in [0.4, 0.5) is 5.69 Å². The maximum absolute atomic E-state index is 5.53. The molecule has 158 valence electrons. The second-order valence-electron chi connectivity index (χ2n) is 7.19. The Hall–Kier alpha value is -2.03. The van der Waals surface area contributed by atoms with Crippen LogP contribution < -0.4 is 20.3 Å². The Bertz CT molecular complexity index is 764. The van der Waals surface area contributed by atoms with E-state index in [1.54, 1.807) is 0 Å². The zero-order valence-corrected chi connectivity index (χ0v) is 19.8. The van der Waals surface area contributed by atoms with E-state index in [0.717, 1.165) is 37.5 Å². The molecule has 1 fully saturated rings. The number of nitrogens with one attached hydrogen (secondary N) is 2. The molecule has 1 saturated heterocycles. The lowest BCUT2D eigenvalue weighted by Crippen LogP contribution is -2.44. The van der Waals surface area contributed by atoms with Gasteiger partial charge in [0.15, 0.2) is 5.96 Å². The van der Waals surface area contributed by atoms with Gasteiger partial charge in [0.25, 0.3) is 0 Å². The van der Waals surface area contributed by atoms with Gasteiger partial charge in [-0.2, -0.15) is 0 Å². The predicted molar refractivity (Wildman–Crippen MR) is 131 cm³/mol. The number of nitrogens with zero attached hydrogens (tertiary/aromatic N) is 3.